The number of hydrogen-bond donors (Lipinski definition) is 1. The molecule has 1 rings (SSSR count). The first-order valence-corrected chi connectivity index (χ1v) is 7.80. The van der Waals surface area contributed by atoms with Gasteiger partial charge >= 0.3 is 0 Å². The number of ether oxygens (including phenoxy) is 1. The fourth-order valence-corrected chi connectivity index (χ4v) is 3.04. The Labute approximate surface area is 113 Å². The van der Waals surface area contributed by atoms with Crippen LogP contribution < -0.4 is 5.32 Å². The zero-order valence-corrected chi connectivity index (χ0v) is 12.7. The predicted molar refractivity (Wildman–Crippen MR) is 78.0 cm³/mol. The maximum atomic E-state index is 6.03. The van der Waals surface area contributed by atoms with E-state index in [4.69, 9.17) is 4.74 Å². The topological polar surface area (TPSA) is 24.5 Å². The van der Waals surface area contributed by atoms with Gasteiger partial charge in [0.05, 0.1) is 12.7 Å². The van der Waals surface area contributed by atoms with Crippen LogP contribution >= 0.6 is 0 Å². The largest absolute Gasteiger partial charge is 0.374 e. The second kappa shape index (κ2) is 8.89. The highest BCUT2D eigenvalue weighted by molar-refractivity contribution is 4.86. The molecule has 1 fully saturated rings. The first-order valence-electron chi connectivity index (χ1n) is 7.80. The monoisotopic (exact) mass is 256 g/mol. The van der Waals surface area contributed by atoms with Gasteiger partial charge in [0.1, 0.15) is 0 Å². The number of morpholine rings is 1. The molecule has 1 aliphatic heterocycles. The quantitative estimate of drug-likeness (QED) is 0.722. The molecule has 0 aromatic heterocycles. The van der Waals surface area contributed by atoms with Crippen molar-refractivity contribution in [1.29, 1.82) is 0 Å². The molecular weight excluding hydrogens is 224 g/mol. The molecule has 0 radical (unpaired) electrons. The molecule has 1 aliphatic rings. The minimum absolute atomic E-state index is 0.367. The summed E-state index contributed by atoms with van der Waals surface area (Å²) in [6.45, 7) is 14.4. The molecule has 3 nitrogen and oxygen atoms in total. The Bertz CT molecular complexity index is 209. The Morgan fingerprint density at radius 3 is 2.67 bits per heavy atom. The molecule has 0 bridgehead atoms. The second-order valence-electron chi connectivity index (χ2n) is 5.56. The average Bonchev–Trinajstić information content (AvgIpc) is 2.37. The summed E-state index contributed by atoms with van der Waals surface area (Å²) in [6, 6.07) is 0.509. The van der Waals surface area contributed by atoms with Gasteiger partial charge in [-0.25, -0.2) is 0 Å². The Balaban J connectivity index is 2.54. The molecule has 1 N–H and O–H groups in total. The molecule has 1 saturated heterocycles. The second-order valence-corrected chi connectivity index (χ2v) is 5.56. The minimum atomic E-state index is 0.367. The van der Waals surface area contributed by atoms with Crippen molar-refractivity contribution < 1.29 is 4.74 Å². The highest BCUT2D eigenvalue weighted by atomic mass is 16.5. The summed E-state index contributed by atoms with van der Waals surface area (Å²) in [4.78, 5) is 2.55. The molecule has 18 heavy (non-hydrogen) atoms. The maximum Gasteiger partial charge on any atom is 0.0857 e. The first kappa shape index (κ1) is 15.9. The molecule has 0 aromatic rings. The summed E-state index contributed by atoms with van der Waals surface area (Å²) >= 11 is 0. The van der Waals surface area contributed by atoms with Crippen LogP contribution in [0.2, 0.25) is 0 Å². The summed E-state index contributed by atoms with van der Waals surface area (Å²) < 4.78 is 6.03. The standard InChI is InChI=1S/C15H32N2O/c1-5-8-13(4)15(16-7-3)14-12-17(9-6-2)10-11-18-14/h13-16H,5-12H2,1-4H3. The van der Waals surface area contributed by atoms with Crippen molar-refractivity contribution in [2.75, 3.05) is 32.8 Å². The molecular formula is C15H32N2O. The van der Waals surface area contributed by atoms with E-state index in [0.717, 1.165) is 26.2 Å². The van der Waals surface area contributed by atoms with Gasteiger partial charge in [-0.05, 0) is 31.8 Å². The summed E-state index contributed by atoms with van der Waals surface area (Å²) in [5, 5.41) is 3.65. The van der Waals surface area contributed by atoms with E-state index < -0.39 is 0 Å². The first-order chi connectivity index (χ1) is 8.72. The van der Waals surface area contributed by atoms with Crippen LogP contribution in [0.25, 0.3) is 0 Å². The van der Waals surface area contributed by atoms with E-state index in [9.17, 15) is 0 Å². The van der Waals surface area contributed by atoms with Crippen LogP contribution in [0.4, 0.5) is 0 Å². The summed E-state index contributed by atoms with van der Waals surface area (Å²) in [6.07, 6.45) is 4.15. The van der Waals surface area contributed by atoms with Gasteiger partial charge in [-0.1, -0.05) is 34.1 Å². The lowest BCUT2D eigenvalue weighted by Gasteiger charge is -2.39. The smallest absolute Gasteiger partial charge is 0.0857 e. The third kappa shape index (κ3) is 4.87. The number of hydrogen-bond acceptors (Lipinski definition) is 3. The fraction of sp³-hybridized carbons (Fsp3) is 1.00. The number of nitrogens with one attached hydrogen (secondary N) is 1. The zero-order valence-electron chi connectivity index (χ0n) is 12.7. The van der Waals surface area contributed by atoms with Crippen LogP contribution in [-0.4, -0.2) is 49.8 Å². The Morgan fingerprint density at radius 2 is 2.06 bits per heavy atom. The van der Waals surface area contributed by atoms with Crippen molar-refractivity contribution in [2.24, 2.45) is 5.92 Å². The average molecular weight is 256 g/mol. The molecule has 3 atom stereocenters. The van der Waals surface area contributed by atoms with Gasteiger partial charge < -0.3 is 10.1 Å². The zero-order chi connectivity index (χ0) is 13.4. The van der Waals surface area contributed by atoms with Crippen molar-refractivity contribution in [3.63, 3.8) is 0 Å². The van der Waals surface area contributed by atoms with Gasteiger partial charge in [-0.2, -0.15) is 0 Å². The summed E-state index contributed by atoms with van der Waals surface area (Å²) in [5.74, 6) is 0.696. The van der Waals surface area contributed by atoms with Gasteiger partial charge in [0.25, 0.3) is 0 Å². The van der Waals surface area contributed by atoms with Gasteiger partial charge in [-0.3, -0.25) is 4.90 Å². The van der Waals surface area contributed by atoms with Crippen LogP contribution in [-0.2, 0) is 4.74 Å². The molecule has 0 aliphatic carbocycles. The normalized spacial score (nSPS) is 25.0. The SMILES string of the molecule is CCCC(C)C(NCC)C1CN(CCC)CCO1. The van der Waals surface area contributed by atoms with Crippen molar-refractivity contribution in [2.45, 2.75) is 59.1 Å². The van der Waals surface area contributed by atoms with Crippen LogP contribution in [0.1, 0.15) is 47.0 Å². The van der Waals surface area contributed by atoms with E-state index in [1.807, 2.05) is 0 Å². The molecule has 108 valence electrons. The predicted octanol–water partition coefficient (Wildman–Crippen LogP) is 2.51. The van der Waals surface area contributed by atoms with Crippen LogP contribution in [0.5, 0.6) is 0 Å². The number of nitrogens with zero attached hydrogens (tertiary/aromatic N) is 1. The van der Waals surface area contributed by atoms with Crippen LogP contribution in [0, 0.1) is 5.92 Å². The highest BCUT2D eigenvalue weighted by Gasteiger charge is 2.30. The maximum absolute atomic E-state index is 6.03. The van der Waals surface area contributed by atoms with Crippen molar-refractivity contribution in [3.05, 3.63) is 0 Å². The van der Waals surface area contributed by atoms with Crippen molar-refractivity contribution >= 4 is 0 Å². The molecule has 0 saturated carbocycles. The van der Waals surface area contributed by atoms with Crippen LogP contribution in [0.3, 0.4) is 0 Å². The van der Waals surface area contributed by atoms with E-state index in [2.05, 4.69) is 37.9 Å². The number of likely N-dealkylation sites (N-methyl/N-ethyl adjacent to an activating group) is 1. The van der Waals surface area contributed by atoms with E-state index >= 15 is 0 Å². The van der Waals surface area contributed by atoms with Gasteiger partial charge in [0.2, 0.25) is 0 Å². The Kier molecular flexibility index (Phi) is 7.87. The third-order valence-electron chi connectivity index (χ3n) is 3.91. The fourth-order valence-electron chi connectivity index (χ4n) is 3.04. The Morgan fingerprint density at radius 1 is 1.28 bits per heavy atom. The van der Waals surface area contributed by atoms with Gasteiger partial charge in [-0.15, -0.1) is 0 Å². The summed E-state index contributed by atoms with van der Waals surface area (Å²) in [7, 11) is 0. The van der Waals surface area contributed by atoms with E-state index in [-0.39, 0.29) is 0 Å². The number of rotatable bonds is 8. The van der Waals surface area contributed by atoms with Gasteiger partial charge in [0.15, 0.2) is 0 Å². The van der Waals surface area contributed by atoms with E-state index in [1.165, 1.54) is 25.8 Å². The minimum Gasteiger partial charge on any atom is -0.374 e. The van der Waals surface area contributed by atoms with Crippen molar-refractivity contribution in [3.8, 4) is 0 Å². The molecule has 0 aromatic carbocycles. The lowest BCUT2D eigenvalue weighted by molar-refractivity contribution is -0.0554. The Hall–Kier alpha value is -0.120. The van der Waals surface area contributed by atoms with E-state index in [0.29, 0.717) is 18.1 Å². The molecule has 3 unspecified atom stereocenters. The highest BCUT2D eigenvalue weighted by Crippen LogP contribution is 2.19. The molecule has 1 heterocycles. The molecule has 0 spiro atoms. The third-order valence-corrected chi connectivity index (χ3v) is 3.91. The summed E-state index contributed by atoms with van der Waals surface area (Å²) in [5.41, 5.74) is 0. The lowest BCUT2D eigenvalue weighted by Crippen LogP contribution is -2.54. The van der Waals surface area contributed by atoms with Gasteiger partial charge in [0, 0.05) is 19.1 Å². The van der Waals surface area contributed by atoms with Crippen molar-refractivity contribution in [1.82, 2.24) is 10.2 Å². The van der Waals surface area contributed by atoms with E-state index in [1.54, 1.807) is 0 Å². The van der Waals surface area contributed by atoms with Crippen LogP contribution in [0.15, 0.2) is 0 Å². The molecule has 3 heteroatoms. The lowest BCUT2D eigenvalue weighted by atomic mass is 9.91. The molecule has 0 amide bonds.